The van der Waals surface area contributed by atoms with Crippen LogP contribution >= 0.6 is 0 Å². The van der Waals surface area contributed by atoms with Crippen molar-refractivity contribution in [1.82, 2.24) is 15.0 Å². The van der Waals surface area contributed by atoms with Gasteiger partial charge in [0.1, 0.15) is 24.8 Å². The van der Waals surface area contributed by atoms with Gasteiger partial charge in [-0.25, -0.2) is 14.1 Å². The number of esters is 1. The Kier molecular flexibility index (Phi) is 15.0. The van der Waals surface area contributed by atoms with Crippen molar-refractivity contribution >= 4 is 5.97 Å². The number of pyridine rings is 5. The number of benzene rings is 2. The minimum atomic E-state index is -0.400. The third-order valence-corrected chi connectivity index (χ3v) is 10.4. The highest BCUT2D eigenvalue weighted by molar-refractivity contribution is 5.82. The van der Waals surface area contributed by atoms with Crippen LogP contribution in [0.3, 0.4) is 0 Å². The summed E-state index contributed by atoms with van der Waals surface area (Å²) in [5.74, 6) is 0.199. The summed E-state index contributed by atoms with van der Waals surface area (Å²) in [6.45, 7) is 3.05. The fourth-order valence-electron chi connectivity index (χ4n) is 7.18. The first-order chi connectivity index (χ1) is 29.2. The molecule has 5 heterocycles. The summed E-state index contributed by atoms with van der Waals surface area (Å²) in [7, 11) is 0. The van der Waals surface area contributed by atoms with Gasteiger partial charge in [0.2, 0.25) is 0 Å². The number of carbonyl (C=O) groups is 1. The Morgan fingerprint density at radius 2 is 0.949 bits per heavy atom. The molecule has 0 amide bonds. The van der Waals surface area contributed by atoms with Gasteiger partial charge in [-0.05, 0) is 85.0 Å². The summed E-state index contributed by atoms with van der Waals surface area (Å²) < 4.78 is 16.5. The monoisotopic (exact) mass is 783 g/mol. The fraction of sp³-hybridized carbons (Fsp3) is 0.255. The van der Waals surface area contributed by atoms with Gasteiger partial charge in [-0.2, -0.15) is 0 Å². The zero-order valence-corrected chi connectivity index (χ0v) is 33.7. The first-order valence-corrected chi connectivity index (χ1v) is 20.9. The third-order valence-electron chi connectivity index (χ3n) is 10.4. The highest BCUT2D eigenvalue weighted by Crippen LogP contribution is 2.28. The van der Waals surface area contributed by atoms with Gasteiger partial charge in [-0.15, -0.1) is 0 Å². The van der Waals surface area contributed by atoms with Crippen LogP contribution in [-0.2, 0) is 22.6 Å². The first-order valence-electron chi connectivity index (χ1n) is 20.9. The molecule has 0 unspecified atom stereocenters. The molecular formula is C51H53N5O3+2. The molecule has 0 aliphatic heterocycles. The van der Waals surface area contributed by atoms with Crippen molar-refractivity contribution in [2.45, 2.75) is 70.4 Å². The zero-order chi connectivity index (χ0) is 40.3. The largest absolute Gasteiger partial charge is 0.493 e. The number of rotatable bonds is 21. The molecule has 0 N–H and O–H groups in total. The van der Waals surface area contributed by atoms with E-state index in [0.717, 1.165) is 104 Å². The standard InChI is InChI=1S/C51H53N5O3/c57-51(50(43-19-7-5-8-20-43)44-21-9-6-10-22-44)59-38-18-4-2-16-32-56-35-27-42(28-36-56)41-25-33-55(34-26-41)31-15-1-3-17-37-58-45-39-48(46-23-11-13-29-52-46)54-49(40-45)47-24-12-14-30-53-47/h5-14,19-30,33-36,39-40,50H,1-4,15-18,31-32,37-38H2/q+2. The Labute approximate surface area is 348 Å². The van der Waals surface area contributed by atoms with Gasteiger partial charge in [0.25, 0.3) is 0 Å². The lowest BCUT2D eigenvalue weighted by atomic mass is 9.91. The van der Waals surface area contributed by atoms with Crippen LogP contribution in [0.25, 0.3) is 33.9 Å². The molecule has 7 aromatic rings. The number of aryl methyl sites for hydroxylation is 2. The lowest BCUT2D eigenvalue weighted by molar-refractivity contribution is -0.697. The molecule has 0 fully saturated rings. The van der Waals surface area contributed by atoms with Crippen molar-refractivity contribution in [3.8, 4) is 39.7 Å². The molecule has 0 radical (unpaired) electrons. The van der Waals surface area contributed by atoms with E-state index < -0.39 is 5.92 Å². The Bertz CT molecular complexity index is 2190. The maximum atomic E-state index is 13.1. The molecule has 5 aromatic heterocycles. The minimum absolute atomic E-state index is 0.185. The van der Waals surface area contributed by atoms with Crippen molar-refractivity contribution in [3.05, 3.63) is 182 Å². The van der Waals surface area contributed by atoms with Gasteiger partial charge >= 0.3 is 5.97 Å². The summed E-state index contributed by atoms with van der Waals surface area (Å²) in [4.78, 5) is 26.9. The highest BCUT2D eigenvalue weighted by Gasteiger charge is 2.24. The average Bonchev–Trinajstić information content (AvgIpc) is 3.30. The van der Waals surface area contributed by atoms with E-state index in [1.807, 2.05) is 109 Å². The second-order valence-corrected chi connectivity index (χ2v) is 14.8. The maximum absolute atomic E-state index is 13.1. The Balaban J connectivity index is 0.771. The van der Waals surface area contributed by atoms with Crippen molar-refractivity contribution in [2.75, 3.05) is 13.2 Å². The predicted molar refractivity (Wildman–Crippen MR) is 231 cm³/mol. The molecule has 7 rings (SSSR count). The van der Waals surface area contributed by atoms with Gasteiger partial charge < -0.3 is 9.47 Å². The lowest BCUT2D eigenvalue weighted by Gasteiger charge is -2.17. The van der Waals surface area contributed by atoms with E-state index in [-0.39, 0.29) is 5.97 Å². The van der Waals surface area contributed by atoms with Crippen LogP contribution in [0.2, 0.25) is 0 Å². The zero-order valence-electron chi connectivity index (χ0n) is 33.7. The van der Waals surface area contributed by atoms with Gasteiger partial charge in [0.15, 0.2) is 24.8 Å². The molecule has 0 bridgehead atoms. The molecule has 0 saturated heterocycles. The van der Waals surface area contributed by atoms with Crippen LogP contribution in [-0.4, -0.2) is 34.1 Å². The van der Waals surface area contributed by atoms with Gasteiger partial charge in [0, 0.05) is 61.6 Å². The van der Waals surface area contributed by atoms with E-state index in [4.69, 9.17) is 14.5 Å². The third kappa shape index (κ3) is 12.2. The summed E-state index contributed by atoms with van der Waals surface area (Å²) in [6.07, 6.45) is 20.7. The summed E-state index contributed by atoms with van der Waals surface area (Å²) in [6, 6.07) is 44.1. The van der Waals surface area contributed by atoms with Crippen LogP contribution < -0.4 is 13.9 Å². The van der Waals surface area contributed by atoms with Gasteiger partial charge in [-0.1, -0.05) is 72.8 Å². The molecule has 0 aliphatic rings. The SMILES string of the molecule is O=C(OCCCCCC[n+]1ccc(-c2cc[n+](CCCCCCOc3cc(-c4ccccn4)nc(-c4ccccn4)c3)cc2)cc1)C(c1ccccc1)c1ccccc1. The smallest absolute Gasteiger partial charge is 0.317 e. The van der Waals surface area contributed by atoms with Crippen molar-refractivity contribution in [3.63, 3.8) is 0 Å². The first kappa shape index (κ1) is 40.6. The van der Waals surface area contributed by atoms with E-state index in [1.54, 1.807) is 12.4 Å². The van der Waals surface area contributed by atoms with E-state index in [9.17, 15) is 4.79 Å². The predicted octanol–water partition coefficient (Wildman–Crippen LogP) is 10.0. The van der Waals surface area contributed by atoms with Crippen LogP contribution in [0.15, 0.2) is 171 Å². The van der Waals surface area contributed by atoms with Crippen LogP contribution in [0.4, 0.5) is 0 Å². The number of carbonyl (C=O) groups excluding carboxylic acids is 1. The van der Waals surface area contributed by atoms with Crippen molar-refractivity contribution < 1.29 is 23.4 Å². The summed E-state index contributed by atoms with van der Waals surface area (Å²) in [5, 5.41) is 0. The number of nitrogens with zero attached hydrogens (tertiary/aromatic N) is 5. The quantitative estimate of drug-likeness (QED) is 0.0410. The highest BCUT2D eigenvalue weighted by atomic mass is 16.5. The normalized spacial score (nSPS) is 11.1. The van der Waals surface area contributed by atoms with Gasteiger partial charge in [0.05, 0.1) is 36.0 Å². The fourth-order valence-corrected chi connectivity index (χ4v) is 7.18. The Morgan fingerprint density at radius 3 is 1.42 bits per heavy atom. The molecule has 0 spiro atoms. The molecule has 59 heavy (non-hydrogen) atoms. The molecule has 8 nitrogen and oxygen atoms in total. The minimum Gasteiger partial charge on any atom is -0.493 e. The van der Waals surface area contributed by atoms with Gasteiger partial charge in [-0.3, -0.25) is 14.8 Å². The van der Waals surface area contributed by atoms with Crippen LogP contribution in [0, 0.1) is 0 Å². The lowest BCUT2D eigenvalue weighted by Crippen LogP contribution is -2.33. The summed E-state index contributed by atoms with van der Waals surface area (Å²) >= 11 is 0. The van der Waals surface area contributed by atoms with E-state index in [2.05, 4.69) is 68.2 Å². The Hall–Kier alpha value is -6.54. The number of hydrogen-bond acceptors (Lipinski definition) is 6. The van der Waals surface area contributed by atoms with E-state index in [0.29, 0.717) is 13.2 Å². The second kappa shape index (κ2) is 21.8. The second-order valence-electron chi connectivity index (χ2n) is 14.8. The topological polar surface area (TPSA) is 82.0 Å². The Morgan fingerprint density at radius 1 is 0.492 bits per heavy atom. The average molecular weight is 784 g/mol. The molecular weight excluding hydrogens is 731 g/mol. The number of hydrogen-bond donors (Lipinski definition) is 0. The summed E-state index contributed by atoms with van der Waals surface area (Å²) in [5.41, 5.74) is 7.52. The van der Waals surface area contributed by atoms with E-state index >= 15 is 0 Å². The number of ether oxygens (including phenoxy) is 2. The number of unbranched alkanes of at least 4 members (excludes halogenated alkanes) is 6. The number of aromatic nitrogens is 5. The van der Waals surface area contributed by atoms with Crippen LogP contribution in [0.1, 0.15) is 68.4 Å². The molecule has 298 valence electrons. The van der Waals surface area contributed by atoms with E-state index in [1.165, 1.54) is 11.1 Å². The van der Waals surface area contributed by atoms with Crippen molar-refractivity contribution in [2.24, 2.45) is 0 Å². The molecule has 0 saturated carbocycles. The van der Waals surface area contributed by atoms with Crippen LogP contribution in [0.5, 0.6) is 5.75 Å². The maximum Gasteiger partial charge on any atom is 0.317 e. The molecule has 0 atom stereocenters. The van der Waals surface area contributed by atoms with Crippen molar-refractivity contribution in [1.29, 1.82) is 0 Å². The molecule has 2 aromatic carbocycles. The molecule has 0 aliphatic carbocycles. The molecule has 8 heteroatoms.